The fourth-order valence-corrected chi connectivity index (χ4v) is 3.26. The van der Waals surface area contributed by atoms with Crippen LogP contribution in [-0.4, -0.2) is 24.1 Å². The molecule has 2 heterocycles. The zero-order chi connectivity index (χ0) is 14.8. The highest BCUT2D eigenvalue weighted by Crippen LogP contribution is 2.34. The molecule has 1 aromatic heterocycles. The molecule has 1 aromatic carbocycles. The molecule has 1 aliphatic rings. The standard InChI is InChI=1S/C17H22N2O2/c1-3-4-8-14-16-12(10-15(18-14)17(20)21-2)11-7-5-6-9-13(11)19-16/h5-7,9,14-15,18-19H,3-4,8,10H2,1-2H3. The number of esters is 1. The third kappa shape index (κ3) is 2.56. The number of hydrogen-bond acceptors (Lipinski definition) is 3. The number of aromatic amines is 1. The minimum Gasteiger partial charge on any atom is -0.468 e. The summed E-state index contributed by atoms with van der Waals surface area (Å²) in [6, 6.07) is 8.26. The zero-order valence-corrected chi connectivity index (χ0v) is 12.6. The molecule has 3 rings (SSSR count). The van der Waals surface area contributed by atoms with Gasteiger partial charge in [-0.05, 0) is 18.1 Å². The Hall–Kier alpha value is -1.81. The number of ether oxygens (including phenoxy) is 1. The molecule has 0 radical (unpaired) electrons. The van der Waals surface area contributed by atoms with Gasteiger partial charge in [0, 0.05) is 29.1 Å². The van der Waals surface area contributed by atoms with E-state index in [1.807, 2.05) is 12.1 Å². The van der Waals surface area contributed by atoms with Crippen LogP contribution in [-0.2, 0) is 16.0 Å². The van der Waals surface area contributed by atoms with Crippen molar-refractivity contribution in [3.63, 3.8) is 0 Å². The van der Waals surface area contributed by atoms with E-state index in [2.05, 4.69) is 29.4 Å². The van der Waals surface area contributed by atoms with Gasteiger partial charge in [-0.15, -0.1) is 0 Å². The highest BCUT2D eigenvalue weighted by atomic mass is 16.5. The summed E-state index contributed by atoms with van der Waals surface area (Å²) in [5, 5.41) is 4.68. The monoisotopic (exact) mass is 286 g/mol. The quantitative estimate of drug-likeness (QED) is 0.849. The lowest BCUT2D eigenvalue weighted by atomic mass is 9.91. The maximum absolute atomic E-state index is 12.0. The molecule has 0 saturated carbocycles. The molecule has 21 heavy (non-hydrogen) atoms. The van der Waals surface area contributed by atoms with E-state index >= 15 is 0 Å². The Balaban J connectivity index is 2.01. The molecule has 2 aromatic rings. The predicted octanol–water partition coefficient (Wildman–Crippen LogP) is 3.09. The average molecular weight is 286 g/mol. The molecular formula is C17H22N2O2. The van der Waals surface area contributed by atoms with Gasteiger partial charge in [-0.1, -0.05) is 38.0 Å². The van der Waals surface area contributed by atoms with Crippen molar-refractivity contribution >= 4 is 16.9 Å². The Morgan fingerprint density at radius 1 is 1.38 bits per heavy atom. The van der Waals surface area contributed by atoms with Crippen LogP contribution in [0, 0.1) is 0 Å². The molecule has 0 amide bonds. The predicted molar refractivity (Wildman–Crippen MR) is 83.2 cm³/mol. The van der Waals surface area contributed by atoms with Gasteiger partial charge in [-0.3, -0.25) is 10.1 Å². The first-order chi connectivity index (χ1) is 10.2. The molecule has 4 nitrogen and oxygen atoms in total. The fraction of sp³-hybridized carbons (Fsp3) is 0.471. The minimum absolute atomic E-state index is 0.174. The second-order valence-corrected chi connectivity index (χ2v) is 5.70. The van der Waals surface area contributed by atoms with Gasteiger partial charge < -0.3 is 9.72 Å². The Kier molecular flexibility index (Phi) is 3.97. The highest BCUT2D eigenvalue weighted by molar-refractivity contribution is 5.87. The van der Waals surface area contributed by atoms with Gasteiger partial charge in [-0.25, -0.2) is 0 Å². The van der Waals surface area contributed by atoms with Gasteiger partial charge in [0.25, 0.3) is 0 Å². The lowest BCUT2D eigenvalue weighted by Gasteiger charge is -2.30. The van der Waals surface area contributed by atoms with Crippen LogP contribution in [0.5, 0.6) is 0 Å². The van der Waals surface area contributed by atoms with Gasteiger partial charge in [0.05, 0.1) is 7.11 Å². The van der Waals surface area contributed by atoms with E-state index in [-0.39, 0.29) is 18.1 Å². The first kappa shape index (κ1) is 14.1. The van der Waals surface area contributed by atoms with Crippen molar-refractivity contribution < 1.29 is 9.53 Å². The molecule has 1 aliphatic heterocycles. The zero-order valence-electron chi connectivity index (χ0n) is 12.6. The van der Waals surface area contributed by atoms with Crippen molar-refractivity contribution in [1.29, 1.82) is 0 Å². The first-order valence-corrected chi connectivity index (χ1v) is 7.68. The Bertz CT molecular complexity index is 647. The van der Waals surface area contributed by atoms with E-state index in [1.165, 1.54) is 23.8 Å². The van der Waals surface area contributed by atoms with Crippen LogP contribution < -0.4 is 5.32 Å². The van der Waals surface area contributed by atoms with E-state index in [1.54, 1.807) is 0 Å². The first-order valence-electron chi connectivity index (χ1n) is 7.68. The summed E-state index contributed by atoms with van der Waals surface area (Å²) in [6.45, 7) is 2.19. The van der Waals surface area contributed by atoms with E-state index < -0.39 is 0 Å². The molecule has 2 atom stereocenters. The normalized spacial score (nSPS) is 21.2. The SMILES string of the molecule is CCCCC1NC(C(=O)OC)Cc2c1[nH]c1ccccc21. The third-order valence-electron chi connectivity index (χ3n) is 4.34. The van der Waals surface area contributed by atoms with Crippen LogP contribution in [0.2, 0.25) is 0 Å². The molecule has 2 unspecified atom stereocenters. The van der Waals surface area contributed by atoms with Crippen molar-refractivity contribution in [1.82, 2.24) is 10.3 Å². The van der Waals surface area contributed by atoms with E-state index in [9.17, 15) is 4.79 Å². The lowest BCUT2D eigenvalue weighted by Crippen LogP contribution is -2.45. The Morgan fingerprint density at radius 2 is 2.19 bits per heavy atom. The summed E-state index contributed by atoms with van der Waals surface area (Å²) in [5.74, 6) is -0.174. The lowest BCUT2D eigenvalue weighted by molar-refractivity contribution is -0.143. The van der Waals surface area contributed by atoms with Crippen LogP contribution in [0.3, 0.4) is 0 Å². The Morgan fingerprint density at radius 3 is 2.95 bits per heavy atom. The number of para-hydroxylation sites is 1. The molecule has 0 saturated heterocycles. The average Bonchev–Trinajstić information content (AvgIpc) is 2.90. The summed E-state index contributed by atoms with van der Waals surface area (Å²) in [6.07, 6.45) is 4.01. The van der Waals surface area contributed by atoms with Crippen molar-refractivity contribution in [2.75, 3.05) is 7.11 Å². The summed E-state index contributed by atoms with van der Waals surface area (Å²) in [5.41, 5.74) is 3.65. The molecule has 112 valence electrons. The number of fused-ring (bicyclic) bond motifs is 3. The summed E-state index contributed by atoms with van der Waals surface area (Å²) in [4.78, 5) is 15.5. The minimum atomic E-state index is -0.247. The number of nitrogens with one attached hydrogen (secondary N) is 2. The topological polar surface area (TPSA) is 54.1 Å². The number of H-pyrrole nitrogens is 1. The number of carbonyl (C=O) groups excluding carboxylic acids is 1. The smallest absolute Gasteiger partial charge is 0.323 e. The second-order valence-electron chi connectivity index (χ2n) is 5.70. The van der Waals surface area contributed by atoms with E-state index in [4.69, 9.17) is 4.74 Å². The molecule has 0 bridgehead atoms. The Labute approximate surface area is 124 Å². The maximum atomic E-state index is 12.0. The van der Waals surface area contributed by atoms with Crippen molar-refractivity contribution in [3.05, 3.63) is 35.5 Å². The van der Waals surface area contributed by atoms with E-state index in [0.29, 0.717) is 6.42 Å². The molecular weight excluding hydrogens is 264 g/mol. The van der Waals surface area contributed by atoms with Gasteiger partial charge in [-0.2, -0.15) is 0 Å². The second kappa shape index (κ2) is 5.90. The number of rotatable bonds is 4. The van der Waals surface area contributed by atoms with Crippen LogP contribution in [0.25, 0.3) is 10.9 Å². The molecule has 2 N–H and O–H groups in total. The number of methoxy groups -OCH3 is 1. The van der Waals surface area contributed by atoms with E-state index in [0.717, 1.165) is 24.8 Å². The van der Waals surface area contributed by atoms with Gasteiger partial charge in [0.2, 0.25) is 0 Å². The van der Waals surface area contributed by atoms with Crippen molar-refractivity contribution in [3.8, 4) is 0 Å². The molecule has 0 spiro atoms. The largest absolute Gasteiger partial charge is 0.468 e. The van der Waals surface area contributed by atoms with Gasteiger partial charge >= 0.3 is 5.97 Å². The van der Waals surface area contributed by atoms with Crippen molar-refractivity contribution in [2.45, 2.75) is 44.7 Å². The summed E-state index contributed by atoms with van der Waals surface area (Å²) in [7, 11) is 1.45. The van der Waals surface area contributed by atoms with Gasteiger partial charge in [0.15, 0.2) is 0 Å². The third-order valence-corrected chi connectivity index (χ3v) is 4.34. The van der Waals surface area contributed by atoms with Crippen LogP contribution in [0.4, 0.5) is 0 Å². The molecule has 0 aliphatic carbocycles. The van der Waals surface area contributed by atoms with Crippen LogP contribution >= 0.6 is 0 Å². The number of carbonyl (C=O) groups is 1. The fourth-order valence-electron chi connectivity index (χ4n) is 3.26. The molecule has 0 fully saturated rings. The summed E-state index contributed by atoms with van der Waals surface area (Å²) >= 11 is 0. The number of benzene rings is 1. The number of aromatic nitrogens is 1. The molecule has 4 heteroatoms. The summed E-state index contributed by atoms with van der Waals surface area (Å²) < 4.78 is 4.93. The van der Waals surface area contributed by atoms with Gasteiger partial charge in [0.1, 0.15) is 6.04 Å². The van der Waals surface area contributed by atoms with Crippen LogP contribution in [0.1, 0.15) is 43.5 Å². The van der Waals surface area contributed by atoms with Crippen molar-refractivity contribution in [2.24, 2.45) is 0 Å². The number of hydrogen-bond donors (Lipinski definition) is 2. The maximum Gasteiger partial charge on any atom is 0.323 e. The highest BCUT2D eigenvalue weighted by Gasteiger charge is 2.33. The van der Waals surface area contributed by atoms with Crippen LogP contribution in [0.15, 0.2) is 24.3 Å². The number of unbranched alkanes of at least 4 members (excludes halogenated alkanes) is 1.